The second kappa shape index (κ2) is 9.50. The predicted octanol–water partition coefficient (Wildman–Crippen LogP) is 3.49. The van der Waals surface area contributed by atoms with Gasteiger partial charge >= 0.3 is 0 Å². The van der Waals surface area contributed by atoms with Gasteiger partial charge < -0.3 is 20.1 Å². The fraction of sp³-hybridized carbons (Fsp3) is 0.632. The number of nitrogens with one attached hydrogen (secondary N) is 2. The van der Waals surface area contributed by atoms with Crippen molar-refractivity contribution in [3.05, 3.63) is 23.3 Å². The fourth-order valence-electron chi connectivity index (χ4n) is 2.96. The lowest BCUT2D eigenvalue weighted by molar-refractivity contribution is 0.254. The Kier molecular flexibility index (Phi) is 7.65. The van der Waals surface area contributed by atoms with Crippen molar-refractivity contribution in [2.24, 2.45) is 10.9 Å². The zero-order valence-electron chi connectivity index (χ0n) is 15.4. The summed E-state index contributed by atoms with van der Waals surface area (Å²) in [5, 5.41) is 6.74. The van der Waals surface area contributed by atoms with Crippen LogP contribution in [-0.4, -0.2) is 31.8 Å². The lowest BCUT2D eigenvalue weighted by Gasteiger charge is -2.13. The molecule has 1 atom stereocenters. The van der Waals surface area contributed by atoms with Gasteiger partial charge in [-0.2, -0.15) is 0 Å². The molecule has 2 N–H and O–H groups in total. The third-order valence-electron chi connectivity index (χ3n) is 4.39. The second-order valence-electron chi connectivity index (χ2n) is 6.65. The number of rotatable bonds is 7. The van der Waals surface area contributed by atoms with E-state index in [1.54, 1.807) is 0 Å². The summed E-state index contributed by atoms with van der Waals surface area (Å²) in [6, 6.07) is 4.22. The number of hydrogen-bond donors (Lipinski definition) is 2. The van der Waals surface area contributed by atoms with Crippen molar-refractivity contribution in [3.63, 3.8) is 0 Å². The third kappa shape index (κ3) is 5.66. The van der Waals surface area contributed by atoms with Crippen LogP contribution in [0.15, 0.2) is 17.1 Å². The highest BCUT2D eigenvalue weighted by Crippen LogP contribution is 2.35. The molecule has 0 saturated heterocycles. The zero-order chi connectivity index (χ0) is 16.9. The van der Waals surface area contributed by atoms with Gasteiger partial charge in [0.25, 0.3) is 0 Å². The predicted molar refractivity (Wildman–Crippen MR) is 112 cm³/mol. The molecular formula is C19H30IN3O2. The number of ether oxygens (including phenoxy) is 2. The number of aliphatic imine (C=N–C) groups is 1. The van der Waals surface area contributed by atoms with Crippen molar-refractivity contribution >= 4 is 29.9 Å². The minimum absolute atomic E-state index is 0. The first-order chi connectivity index (χ1) is 11.7. The van der Waals surface area contributed by atoms with Gasteiger partial charge in [0, 0.05) is 30.6 Å². The molecule has 1 aliphatic heterocycles. The van der Waals surface area contributed by atoms with E-state index < -0.39 is 0 Å². The third-order valence-corrected chi connectivity index (χ3v) is 4.39. The molecular weight excluding hydrogens is 429 g/mol. The summed E-state index contributed by atoms with van der Waals surface area (Å²) in [5.74, 6) is 3.60. The van der Waals surface area contributed by atoms with Gasteiger partial charge in [-0.25, -0.2) is 4.99 Å². The van der Waals surface area contributed by atoms with Crippen LogP contribution < -0.4 is 20.1 Å². The number of fused-ring (bicyclic) bond motifs is 1. The maximum Gasteiger partial charge on any atom is 0.191 e. The van der Waals surface area contributed by atoms with Gasteiger partial charge in [-0.15, -0.1) is 24.0 Å². The second-order valence-corrected chi connectivity index (χ2v) is 6.65. The van der Waals surface area contributed by atoms with Crippen LogP contribution >= 0.6 is 24.0 Å². The summed E-state index contributed by atoms with van der Waals surface area (Å²) in [6.45, 7) is 9.31. The lowest BCUT2D eigenvalue weighted by atomic mass is 10.1. The summed E-state index contributed by atoms with van der Waals surface area (Å²) in [6.07, 6.45) is 3.86. The molecule has 0 amide bonds. The molecule has 3 rings (SSSR count). The highest BCUT2D eigenvalue weighted by atomic mass is 127. The van der Waals surface area contributed by atoms with Crippen LogP contribution in [0.4, 0.5) is 0 Å². The van der Waals surface area contributed by atoms with E-state index in [0.29, 0.717) is 13.2 Å². The molecule has 1 saturated carbocycles. The Bertz CT molecular complexity index is 603. The maximum absolute atomic E-state index is 5.89. The molecule has 6 heteroatoms. The SMILES string of the molecule is CCNC(=NCc1cc2c(cc1OCC)CC(C)O2)NCC1CC1.I. The van der Waals surface area contributed by atoms with Crippen molar-refractivity contribution in [2.75, 3.05) is 19.7 Å². The van der Waals surface area contributed by atoms with Gasteiger partial charge in [0.05, 0.1) is 13.2 Å². The highest BCUT2D eigenvalue weighted by molar-refractivity contribution is 14.0. The molecule has 1 heterocycles. The molecule has 0 spiro atoms. The average molecular weight is 459 g/mol. The van der Waals surface area contributed by atoms with Crippen molar-refractivity contribution in [1.82, 2.24) is 10.6 Å². The summed E-state index contributed by atoms with van der Waals surface area (Å²) in [5.41, 5.74) is 2.31. The van der Waals surface area contributed by atoms with Crippen molar-refractivity contribution in [2.45, 2.75) is 52.7 Å². The first-order valence-corrected chi connectivity index (χ1v) is 9.17. The molecule has 1 aromatic carbocycles. The monoisotopic (exact) mass is 459 g/mol. The zero-order valence-corrected chi connectivity index (χ0v) is 17.8. The normalized spacial score (nSPS) is 18.8. The summed E-state index contributed by atoms with van der Waals surface area (Å²) < 4.78 is 11.7. The van der Waals surface area contributed by atoms with E-state index in [9.17, 15) is 0 Å². The van der Waals surface area contributed by atoms with Crippen LogP contribution in [0.3, 0.4) is 0 Å². The molecule has 1 aromatic rings. The van der Waals surface area contributed by atoms with E-state index in [-0.39, 0.29) is 30.1 Å². The highest BCUT2D eigenvalue weighted by Gasteiger charge is 2.22. The van der Waals surface area contributed by atoms with Gasteiger partial charge in [0.1, 0.15) is 17.6 Å². The summed E-state index contributed by atoms with van der Waals surface area (Å²) in [4.78, 5) is 4.73. The molecule has 25 heavy (non-hydrogen) atoms. The Morgan fingerprint density at radius 1 is 1.28 bits per heavy atom. The van der Waals surface area contributed by atoms with Gasteiger partial charge in [-0.3, -0.25) is 0 Å². The van der Waals surface area contributed by atoms with Crippen LogP contribution in [0.1, 0.15) is 44.7 Å². The topological polar surface area (TPSA) is 54.9 Å². The molecule has 140 valence electrons. The summed E-state index contributed by atoms with van der Waals surface area (Å²) in [7, 11) is 0. The minimum atomic E-state index is 0. The van der Waals surface area contributed by atoms with Crippen molar-refractivity contribution in [3.8, 4) is 11.5 Å². The summed E-state index contributed by atoms with van der Waals surface area (Å²) >= 11 is 0. The Hall–Kier alpha value is -1.18. The quantitative estimate of drug-likeness (QED) is 0.373. The molecule has 2 aliphatic rings. The Labute approximate surface area is 168 Å². The van der Waals surface area contributed by atoms with Crippen LogP contribution in [0, 0.1) is 5.92 Å². The molecule has 1 fully saturated rings. The number of nitrogens with zero attached hydrogens (tertiary/aromatic N) is 1. The van der Waals surface area contributed by atoms with Crippen LogP contribution in [0.5, 0.6) is 11.5 Å². The fourth-order valence-corrected chi connectivity index (χ4v) is 2.96. The van der Waals surface area contributed by atoms with Crippen LogP contribution in [-0.2, 0) is 13.0 Å². The molecule has 1 aliphatic carbocycles. The number of hydrogen-bond acceptors (Lipinski definition) is 3. The van der Waals surface area contributed by atoms with Crippen molar-refractivity contribution < 1.29 is 9.47 Å². The van der Waals surface area contributed by atoms with Gasteiger partial charge in [0.15, 0.2) is 5.96 Å². The standard InChI is InChI=1S/C19H29N3O2.HI/c1-4-20-19(21-11-14-6-7-14)22-12-16-10-18-15(8-13(3)24-18)9-17(16)23-5-2;/h9-10,13-14H,4-8,11-12H2,1-3H3,(H2,20,21,22);1H. The van der Waals surface area contributed by atoms with E-state index in [1.807, 2.05) is 6.92 Å². The lowest BCUT2D eigenvalue weighted by Crippen LogP contribution is -2.38. The van der Waals surface area contributed by atoms with Crippen molar-refractivity contribution in [1.29, 1.82) is 0 Å². The first kappa shape index (κ1) is 20.1. The smallest absolute Gasteiger partial charge is 0.191 e. The Morgan fingerprint density at radius 3 is 2.76 bits per heavy atom. The molecule has 0 aromatic heterocycles. The Balaban J connectivity index is 0.00000225. The van der Waals surface area contributed by atoms with E-state index in [0.717, 1.165) is 48.5 Å². The molecule has 0 bridgehead atoms. The molecule has 0 radical (unpaired) electrons. The van der Waals surface area contributed by atoms with Gasteiger partial charge in [0.2, 0.25) is 0 Å². The largest absolute Gasteiger partial charge is 0.494 e. The molecule has 5 nitrogen and oxygen atoms in total. The number of guanidine groups is 1. The number of halogens is 1. The average Bonchev–Trinajstić information content (AvgIpc) is 3.31. The van der Waals surface area contributed by atoms with Crippen LogP contribution in [0.2, 0.25) is 0 Å². The van der Waals surface area contributed by atoms with E-state index in [1.165, 1.54) is 18.4 Å². The van der Waals surface area contributed by atoms with E-state index in [4.69, 9.17) is 14.5 Å². The molecule has 1 unspecified atom stereocenters. The van der Waals surface area contributed by atoms with Gasteiger partial charge in [-0.1, -0.05) is 0 Å². The van der Waals surface area contributed by atoms with E-state index >= 15 is 0 Å². The number of benzene rings is 1. The minimum Gasteiger partial charge on any atom is -0.494 e. The maximum atomic E-state index is 5.89. The van der Waals surface area contributed by atoms with E-state index in [2.05, 4.69) is 36.6 Å². The van der Waals surface area contributed by atoms with Crippen LogP contribution in [0.25, 0.3) is 0 Å². The van der Waals surface area contributed by atoms with Gasteiger partial charge in [-0.05, 0) is 51.7 Å². The first-order valence-electron chi connectivity index (χ1n) is 9.17. The Morgan fingerprint density at radius 2 is 2.08 bits per heavy atom.